The SMILES string of the molecule is O=C1[C@@H]2C[C@@H]3[C@@H]4[C@@H]5CC[C@@H]6[C@@H]5[C@@H]5[C@@H]4[C@@H]4[C@@H]3[C@@H]2[C@@H]2[C@@H]4[C@@H]5[C@@H]6[C@]12Cc1ccccc1. The molecule has 142 valence electrons. The largest absolute Gasteiger partial charge is 0.299 e. The number of rotatable bonds is 2. The van der Waals surface area contributed by atoms with Crippen LogP contribution in [0.4, 0.5) is 0 Å². The summed E-state index contributed by atoms with van der Waals surface area (Å²) in [6, 6.07) is 11.2. The van der Waals surface area contributed by atoms with Crippen LogP contribution >= 0.6 is 0 Å². The second-order valence-corrected chi connectivity index (χ2v) is 12.7. The minimum atomic E-state index is 0.0612. The van der Waals surface area contributed by atoms with Gasteiger partial charge in [-0.05, 0) is 114 Å². The van der Waals surface area contributed by atoms with Gasteiger partial charge in [-0.1, -0.05) is 30.3 Å². The van der Waals surface area contributed by atoms with Crippen molar-refractivity contribution in [2.75, 3.05) is 0 Å². The third kappa shape index (κ3) is 1.01. The van der Waals surface area contributed by atoms with Crippen LogP contribution in [0, 0.1) is 94.2 Å². The zero-order chi connectivity index (χ0) is 17.7. The molecule has 0 amide bonds. The molecule has 28 heavy (non-hydrogen) atoms. The van der Waals surface area contributed by atoms with Crippen molar-refractivity contribution in [3.05, 3.63) is 35.9 Å². The average Bonchev–Trinajstić information content (AvgIpc) is 3.47. The molecule has 0 unspecified atom stereocenters. The molecule has 0 bridgehead atoms. The van der Waals surface area contributed by atoms with Gasteiger partial charge >= 0.3 is 0 Å². The molecule has 1 aromatic carbocycles. The summed E-state index contributed by atoms with van der Waals surface area (Å²) in [6.45, 7) is 0. The van der Waals surface area contributed by atoms with Crippen molar-refractivity contribution in [3.8, 4) is 0 Å². The Morgan fingerprint density at radius 1 is 0.714 bits per heavy atom. The van der Waals surface area contributed by atoms with Gasteiger partial charge in [0, 0.05) is 11.3 Å². The zero-order valence-electron chi connectivity index (χ0n) is 16.3. The molecule has 9 aliphatic carbocycles. The molecule has 1 aromatic rings. The molecule has 0 N–H and O–H groups in total. The fourth-order valence-electron chi connectivity index (χ4n) is 14.2. The van der Waals surface area contributed by atoms with Crippen molar-refractivity contribution in [2.45, 2.75) is 25.7 Å². The Kier molecular flexibility index (Phi) is 1.90. The normalized spacial score (nSPS) is 71.1. The van der Waals surface area contributed by atoms with Gasteiger partial charge in [0.05, 0.1) is 0 Å². The Hall–Kier alpha value is -1.11. The van der Waals surface area contributed by atoms with E-state index in [0.717, 1.165) is 95.1 Å². The van der Waals surface area contributed by atoms with Crippen molar-refractivity contribution in [1.82, 2.24) is 0 Å². The molecule has 0 saturated heterocycles. The molecule has 9 aliphatic rings. The quantitative estimate of drug-likeness (QED) is 0.760. The number of ketones is 1. The molecule has 9 fully saturated rings. The Morgan fingerprint density at radius 2 is 1.43 bits per heavy atom. The van der Waals surface area contributed by atoms with Crippen LogP contribution in [0.2, 0.25) is 0 Å². The minimum Gasteiger partial charge on any atom is -0.299 e. The number of carbonyl (C=O) groups is 1. The summed E-state index contributed by atoms with van der Waals surface area (Å²) in [5.74, 6) is 15.0. The maximum absolute atomic E-state index is 14.4. The first-order valence-electron chi connectivity index (χ1n) is 12.4. The first-order valence-corrected chi connectivity index (χ1v) is 12.4. The second-order valence-electron chi connectivity index (χ2n) is 12.7. The molecule has 16 atom stereocenters. The molecule has 1 heteroatoms. The highest BCUT2D eigenvalue weighted by molar-refractivity contribution is 5.93. The maximum Gasteiger partial charge on any atom is 0.143 e. The highest BCUT2D eigenvalue weighted by atomic mass is 16.1. The Labute approximate surface area is 166 Å². The summed E-state index contributed by atoms with van der Waals surface area (Å²) in [6.07, 6.45) is 5.44. The first kappa shape index (κ1) is 14.0. The molecular weight excluding hydrogens is 340 g/mol. The number of hydrogen-bond acceptors (Lipinski definition) is 1. The van der Waals surface area contributed by atoms with Gasteiger partial charge in [0.1, 0.15) is 5.78 Å². The lowest BCUT2D eigenvalue weighted by atomic mass is 9.61. The van der Waals surface area contributed by atoms with Crippen LogP contribution in [0.1, 0.15) is 24.8 Å². The Morgan fingerprint density at radius 3 is 2.32 bits per heavy atom. The molecule has 0 radical (unpaired) electrons. The summed E-state index contributed by atoms with van der Waals surface area (Å²) in [5, 5.41) is 0. The fraction of sp³-hybridized carbons (Fsp3) is 0.741. The molecule has 0 spiro atoms. The lowest BCUT2D eigenvalue weighted by Gasteiger charge is -2.41. The third-order valence-electron chi connectivity index (χ3n) is 13.3. The van der Waals surface area contributed by atoms with Gasteiger partial charge in [-0.2, -0.15) is 0 Å². The number of carbonyl (C=O) groups excluding carboxylic acids is 1. The van der Waals surface area contributed by atoms with Gasteiger partial charge in [0.25, 0.3) is 0 Å². The summed E-state index contributed by atoms with van der Waals surface area (Å²) in [5.41, 5.74) is 1.52. The van der Waals surface area contributed by atoms with Gasteiger partial charge in [-0.3, -0.25) is 4.79 Å². The average molecular weight is 369 g/mol. The van der Waals surface area contributed by atoms with E-state index in [1.165, 1.54) is 24.8 Å². The van der Waals surface area contributed by atoms with Gasteiger partial charge in [-0.15, -0.1) is 0 Å². The molecule has 10 rings (SSSR count). The van der Waals surface area contributed by atoms with Crippen LogP contribution in [-0.2, 0) is 11.2 Å². The molecule has 0 aromatic heterocycles. The van der Waals surface area contributed by atoms with Crippen molar-refractivity contribution in [2.24, 2.45) is 94.2 Å². The monoisotopic (exact) mass is 368 g/mol. The Bertz CT molecular complexity index is 975. The number of hydrogen-bond donors (Lipinski definition) is 0. The number of fused-ring (bicyclic) bond motifs is 4. The molecule has 9 saturated carbocycles. The minimum absolute atomic E-state index is 0.0612. The summed E-state index contributed by atoms with van der Waals surface area (Å²) >= 11 is 0. The van der Waals surface area contributed by atoms with Crippen molar-refractivity contribution in [3.63, 3.8) is 0 Å². The highest BCUT2D eigenvalue weighted by Gasteiger charge is 2.92. The van der Waals surface area contributed by atoms with E-state index in [-0.39, 0.29) is 5.41 Å². The van der Waals surface area contributed by atoms with Crippen LogP contribution in [0.15, 0.2) is 30.3 Å². The lowest BCUT2D eigenvalue weighted by molar-refractivity contribution is -0.134. The van der Waals surface area contributed by atoms with Crippen LogP contribution in [0.5, 0.6) is 0 Å². The second kappa shape index (κ2) is 3.81. The smallest absolute Gasteiger partial charge is 0.143 e. The van der Waals surface area contributed by atoms with E-state index in [9.17, 15) is 4.79 Å². The van der Waals surface area contributed by atoms with E-state index < -0.39 is 0 Å². The Balaban J connectivity index is 1.29. The lowest BCUT2D eigenvalue weighted by Crippen LogP contribution is -2.44. The van der Waals surface area contributed by atoms with Crippen LogP contribution in [0.25, 0.3) is 0 Å². The van der Waals surface area contributed by atoms with E-state index >= 15 is 0 Å². The molecule has 0 heterocycles. The van der Waals surface area contributed by atoms with E-state index in [2.05, 4.69) is 30.3 Å². The summed E-state index contributed by atoms with van der Waals surface area (Å²) in [7, 11) is 0. The fourth-order valence-corrected chi connectivity index (χ4v) is 14.2. The van der Waals surface area contributed by atoms with Gasteiger partial charge < -0.3 is 0 Å². The van der Waals surface area contributed by atoms with Crippen LogP contribution in [0.3, 0.4) is 0 Å². The van der Waals surface area contributed by atoms with Gasteiger partial charge in [-0.25, -0.2) is 0 Å². The molecular formula is C27H28O. The van der Waals surface area contributed by atoms with Gasteiger partial charge in [0.2, 0.25) is 0 Å². The van der Waals surface area contributed by atoms with Crippen LogP contribution < -0.4 is 0 Å². The van der Waals surface area contributed by atoms with E-state index in [1.54, 1.807) is 0 Å². The summed E-state index contributed by atoms with van der Waals surface area (Å²) < 4.78 is 0. The molecule has 1 nitrogen and oxygen atoms in total. The van der Waals surface area contributed by atoms with E-state index in [0.29, 0.717) is 5.92 Å². The number of Topliss-reactive ketones (excluding diaryl/α,β-unsaturated/α-hetero) is 1. The number of benzene rings is 1. The van der Waals surface area contributed by atoms with Crippen molar-refractivity contribution >= 4 is 5.78 Å². The van der Waals surface area contributed by atoms with Crippen molar-refractivity contribution in [1.29, 1.82) is 0 Å². The van der Waals surface area contributed by atoms with E-state index in [4.69, 9.17) is 0 Å². The predicted octanol–water partition coefficient (Wildman–Crippen LogP) is 4.32. The predicted molar refractivity (Wildman–Crippen MR) is 104 cm³/mol. The standard InChI is InChI=1S/C27H28O/c28-26-14-8-13-16-11-6-7-12-15(11)20-19(16)21-17(13)18(14)25-23(21)22(20)24(12)27(25,26)9-10-4-2-1-3-5-10/h1-5,11-25H,6-9H2/t11-,12-,13-,14-,15-,16+,17+,18-,19-,20-,21+,22-,23+,24-,25-,27+/m1/s1. The third-order valence-corrected chi connectivity index (χ3v) is 13.3. The van der Waals surface area contributed by atoms with Gasteiger partial charge in [0.15, 0.2) is 0 Å². The molecule has 0 aliphatic heterocycles. The maximum atomic E-state index is 14.4. The summed E-state index contributed by atoms with van der Waals surface area (Å²) in [4.78, 5) is 14.4. The van der Waals surface area contributed by atoms with Crippen molar-refractivity contribution < 1.29 is 4.79 Å². The van der Waals surface area contributed by atoms with Crippen LogP contribution in [-0.4, -0.2) is 5.78 Å². The topological polar surface area (TPSA) is 17.1 Å². The highest BCUT2D eigenvalue weighted by Crippen LogP contribution is 2.93. The van der Waals surface area contributed by atoms with E-state index in [1.807, 2.05) is 0 Å². The zero-order valence-corrected chi connectivity index (χ0v) is 16.3. The first-order chi connectivity index (χ1) is 13.8.